The number of benzene rings is 1. The van der Waals surface area contributed by atoms with Gasteiger partial charge in [-0.3, -0.25) is 14.6 Å². The van der Waals surface area contributed by atoms with Gasteiger partial charge in [0, 0.05) is 61.2 Å². The molecule has 1 atom stereocenters. The Morgan fingerprint density at radius 1 is 1.03 bits per heavy atom. The summed E-state index contributed by atoms with van der Waals surface area (Å²) < 4.78 is 58.4. The number of hydrogen-bond acceptors (Lipinski definition) is 4. The number of anilines is 1. The van der Waals surface area contributed by atoms with Crippen molar-refractivity contribution in [3.05, 3.63) is 59.9 Å². The third kappa shape index (κ3) is 5.44. The third-order valence-corrected chi connectivity index (χ3v) is 5.43. The van der Waals surface area contributed by atoms with Crippen molar-refractivity contribution in [2.75, 3.05) is 24.5 Å². The summed E-state index contributed by atoms with van der Waals surface area (Å²) in [6.07, 6.45) is -0.937. The maximum atomic E-state index is 13.5. The van der Waals surface area contributed by atoms with Gasteiger partial charge in [0.2, 0.25) is 5.91 Å². The van der Waals surface area contributed by atoms with Crippen LogP contribution >= 0.6 is 0 Å². The van der Waals surface area contributed by atoms with E-state index in [1.807, 2.05) is 0 Å². The van der Waals surface area contributed by atoms with Gasteiger partial charge in [-0.1, -0.05) is 0 Å². The molecule has 2 aromatic rings. The van der Waals surface area contributed by atoms with Crippen molar-refractivity contribution in [3.63, 3.8) is 0 Å². The van der Waals surface area contributed by atoms with Gasteiger partial charge in [0.15, 0.2) is 11.6 Å². The lowest BCUT2D eigenvalue weighted by atomic mass is 9.86. The van der Waals surface area contributed by atoms with Crippen LogP contribution < -0.4 is 4.90 Å². The summed E-state index contributed by atoms with van der Waals surface area (Å²) in [5, 5.41) is 7.12. The highest BCUT2D eigenvalue weighted by molar-refractivity contribution is 5.97. The molecule has 1 unspecified atom stereocenters. The van der Waals surface area contributed by atoms with Crippen molar-refractivity contribution in [1.29, 1.82) is 0 Å². The van der Waals surface area contributed by atoms with Crippen LogP contribution in [-0.2, 0) is 9.59 Å². The average Bonchev–Trinajstić information content (AvgIpc) is 3.32. The van der Waals surface area contributed by atoms with Gasteiger partial charge in [-0.25, -0.2) is 13.6 Å². The zero-order valence-corrected chi connectivity index (χ0v) is 17.0. The van der Waals surface area contributed by atoms with Crippen molar-refractivity contribution < 1.29 is 41.4 Å². The summed E-state index contributed by atoms with van der Waals surface area (Å²) in [6.45, 7) is 1.44. The Morgan fingerprint density at radius 3 is 2.24 bits per heavy atom. The number of amides is 2. The quantitative estimate of drug-likeness (QED) is 0.680. The summed E-state index contributed by atoms with van der Waals surface area (Å²) in [6, 6.07) is 6.81. The Morgan fingerprint density at radius 2 is 1.67 bits per heavy atom. The van der Waals surface area contributed by atoms with Crippen LogP contribution in [0.1, 0.15) is 23.2 Å². The van der Waals surface area contributed by atoms with Crippen LogP contribution in [-0.4, -0.2) is 58.6 Å². The molecule has 1 N–H and O–H groups in total. The van der Waals surface area contributed by atoms with Gasteiger partial charge in [-0.2, -0.15) is 13.2 Å². The fourth-order valence-electron chi connectivity index (χ4n) is 3.84. The molecule has 1 spiro atoms. The number of carbonyl (C=O) groups is 3. The Labute approximate surface area is 184 Å². The highest BCUT2D eigenvalue weighted by Crippen LogP contribution is 2.42. The first-order valence-corrected chi connectivity index (χ1v) is 9.67. The fourth-order valence-corrected chi connectivity index (χ4v) is 3.84. The third-order valence-electron chi connectivity index (χ3n) is 5.43. The lowest BCUT2D eigenvalue weighted by Gasteiger charge is -2.24. The van der Waals surface area contributed by atoms with Crippen LogP contribution in [0.3, 0.4) is 0 Å². The first-order valence-electron chi connectivity index (χ1n) is 9.67. The van der Waals surface area contributed by atoms with Crippen LogP contribution in [0, 0.1) is 17.0 Å². The first-order chi connectivity index (χ1) is 15.4. The molecule has 1 aromatic heterocycles. The molecule has 4 rings (SSSR count). The summed E-state index contributed by atoms with van der Waals surface area (Å²) in [5.41, 5.74) is 0.577. The minimum atomic E-state index is -5.08. The smallest absolute Gasteiger partial charge is 0.475 e. The van der Waals surface area contributed by atoms with E-state index in [9.17, 15) is 31.5 Å². The number of aliphatic carboxylic acids is 1. The van der Waals surface area contributed by atoms with Crippen LogP contribution in [0.4, 0.5) is 27.6 Å². The Kier molecular flexibility index (Phi) is 6.65. The number of aromatic nitrogens is 1. The SMILES string of the molecule is O=C(O)C(F)(F)F.O=C(c1ccncc1)N1CCC2(CC(=O)N(c3ccc(F)c(F)c3)C2)C1. The molecular formula is C21H18F5N3O4. The molecule has 2 aliphatic heterocycles. The van der Waals surface area contributed by atoms with E-state index in [4.69, 9.17) is 9.90 Å². The normalized spacial score (nSPS) is 20.1. The average molecular weight is 471 g/mol. The molecule has 0 saturated carbocycles. The van der Waals surface area contributed by atoms with Crippen molar-refractivity contribution in [1.82, 2.24) is 9.88 Å². The molecule has 2 saturated heterocycles. The Bertz CT molecular complexity index is 1060. The molecule has 176 valence electrons. The van der Waals surface area contributed by atoms with Gasteiger partial charge in [0.25, 0.3) is 5.91 Å². The monoisotopic (exact) mass is 471 g/mol. The van der Waals surface area contributed by atoms with Crippen molar-refractivity contribution in [3.8, 4) is 0 Å². The standard InChI is InChI=1S/C19H17F2N3O2.C2HF3O2/c20-15-2-1-14(9-16(15)21)24-12-19(10-17(24)25)5-8-23(11-19)18(26)13-3-6-22-7-4-13;3-2(4,5)1(6)7/h1-4,6-7,9H,5,8,10-12H2;(H,6,7). The molecule has 12 heteroatoms. The lowest BCUT2D eigenvalue weighted by molar-refractivity contribution is -0.192. The molecule has 2 aliphatic rings. The zero-order chi connectivity index (χ0) is 24.4. The second-order valence-electron chi connectivity index (χ2n) is 7.77. The summed E-state index contributed by atoms with van der Waals surface area (Å²) in [4.78, 5) is 41.1. The van der Waals surface area contributed by atoms with Gasteiger partial charge in [-0.05, 0) is 30.7 Å². The second kappa shape index (κ2) is 9.12. The van der Waals surface area contributed by atoms with Gasteiger partial charge in [-0.15, -0.1) is 0 Å². The molecule has 0 aliphatic carbocycles. The van der Waals surface area contributed by atoms with E-state index in [1.165, 1.54) is 11.0 Å². The summed E-state index contributed by atoms with van der Waals surface area (Å²) in [5.74, 6) is -4.88. The molecule has 0 radical (unpaired) electrons. The topological polar surface area (TPSA) is 90.8 Å². The van der Waals surface area contributed by atoms with E-state index in [0.29, 0.717) is 43.7 Å². The maximum Gasteiger partial charge on any atom is 0.490 e. The van der Waals surface area contributed by atoms with Crippen LogP contribution in [0.5, 0.6) is 0 Å². The van der Waals surface area contributed by atoms with Crippen LogP contribution in [0.25, 0.3) is 0 Å². The maximum absolute atomic E-state index is 13.5. The van der Waals surface area contributed by atoms with E-state index in [2.05, 4.69) is 4.98 Å². The van der Waals surface area contributed by atoms with E-state index in [-0.39, 0.29) is 17.2 Å². The van der Waals surface area contributed by atoms with Crippen LogP contribution in [0.15, 0.2) is 42.7 Å². The van der Waals surface area contributed by atoms with Crippen molar-refractivity contribution in [2.24, 2.45) is 5.41 Å². The van der Waals surface area contributed by atoms with Gasteiger partial charge < -0.3 is 14.9 Å². The molecule has 2 fully saturated rings. The van der Waals surface area contributed by atoms with Crippen LogP contribution in [0.2, 0.25) is 0 Å². The molecule has 2 amide bonds. The second-order valence-corrected chi connectivity index (χ2v) is 7.77. The number of hydrogen-bond donors (Lipinski definition) is 1. The number of rotatable bonds is 2. The minimum absolute atomic E-state index is 0.0806. The highest BCUT2D eigenvalue weighted by atomic mass is 19.4. The number of halogens is 5. The summed E-state index contributed by atoms with van der Waals surface area (Å²) >= 11 is 0. The predicted octanol–water partition coefficient (Wildman–Crippen LogP) is 3.26. The van der Waals surface area contributed by atoms with Crippen molar-refractivity contribution >= 4 is 23.5 Å². The number of nitrogens with zero attached hydrogens (tertiary/aromatic N) is 3. The zero-order valence-electron chi connectivity index (χ0n) is 17.0. The number of likely N-dealkylation sites (tertiary alicyclic amines) is 1. The van der Waals surface area contributed by atoms with Crippen molar-refractivity contribution in [2.45, 2.75) is 19.0 Å². The number of pyridine rings is 1. The van der Waals surface area contributed by atoms with E-state index in [1.54, 1.807) is 29.4 Å². The Hall–Kier alpha value is -3.57. The van der Waals surface area contributed by atoms with Gasteiger partial charge in [0.1, 0.15) is 0 Å². The predicted molar refractivity (Wildman–Crippen MR) is 104 cm³/mol. The van der Waals surface area contributed by atoms with E-state index in [0.717, 1.165) is 12.1 Å². The summed E-state index contributed by atoms with van der Waals surface area (Å²) in [7, 11) is 0. The molecule has 3 heterocycles. The van der Waals surface area contributed by atoms with E-state index < -0.39 is 23.8 Å². The number of carboxylic acids is 1. The molecule has 0 bridgehead atoms. The number of carbonyl (C=O) groups excluding carboxylic acids is 2. The molecular weight excluding hydrogens is 453 g/mol. The molecule has 33 heavy (non-hydrogen) atoms. The van der Waals surface area contributed by atoms with Gasteiger partial charge in [0.05, 0.1) is 0 Å². The largest absolute Gasteiger partial charge is 0.490 e. The highest BCUT2D eigenvalue weighted by Gasteiger charge is 2.49. The molecule has 7 nitrogen and oxygen atoms in total. The molecule has 1 aromatic carbocycles. The van der Waals surface area contributed by atoms with Gasteiger partial charge >= 0.3 is 12.1 Å². The van der Waals surface area contributed by atoms with E-state index >= 15 is 0 Å². The lowest BCUT2D eigenvalue weighted by Crippen LogP contribution is -2.34. The fraction of sp³-hybridized carbons (Fsp3) is 0.333. The Balaban J connectivity index is 0.000000383. The number of alkyl halides is 3. The minimum Gasteiger partial charge on any atom is -0.475 e. The number of carboxylic acid groups (broad SMARTS) is 1. The first kappa shape index (κ1) is 24.1.